The molecule has 0 saturated carbocycles. The van der Waals surface area contributed by atoms with Crippen molar-refractivity contribution in [2.45, 2.75) is 26.4 Å². The van der Waals surface area contributed by atoms with E-state index in [9.17, 15) is 9.59 Å². The lowest BCUT2D eigenvalue weighted by molar-refractivity contribution is -0.140. The molecule has 3 N–H and O–H groups in total. The highest BCUT2D eigenvalue weighted by atomic mass is 16.4. The van der Waals surface area contributed by atoms with Crippen LogP contribution in [-0.4, -0.2) is 52.7 Å². The molecule has 1 amide bonds. The number of nitrogens with zero attached hydrogens (tertiary/aromatic N) is 1. The zero-order chi connectivity index (χ0) is 15.1. The van der Waals surface area contributed by atoms with Crippen molar-refractivity contribution in [3.05, 3.63) is 23.7 Å². The van der Waals surface area contributed by atoms with Crippen LogP contribution in [0.15, 0.2) is 16.5 Å². The Bertz CT molecular complexity index is 453. The van der Waals surface area contributed by atoms with E-state index in [1.54, 1.807) is 6.07 Å². The van der Waals surface area contributed by atoms with E-state index in [1.165, 1.54) is 6.07 Å². The molecule has 0 unspecified atom stereocenters. The largest absolute Gasteiger partial charge is 0.480 e. The van der Waals surface area contributed by atoms with Crippen molar-refractivity contribution < 1.29 is 24.2 Å². The molecule has 1 atom stereocenters. The number of hydrogen-bond acceptors (Lipinski definition) is 5. The number of rotatable bonds is 8. The Morgan fingerprint density at radius 3 is 2.50 bits per heavy atom. The van der Waals surface area contributed by atoms with E-state index >= 15 is 0 Å². The van der Waals surface area contributed by atoms with Crippen LogP contribution in [0, 0.1) is 0 Å². The minimum atomic E-state index is -1.33. The van der Waals surface area contributed by atoms with Crippen LogP contribution in [0.3, 0.4) is 0 Å². The van der Waals surface area contributed by atoms with E-state index in [-0.39, 0.29) is 5.76 Å². The molecule has 7 heteroatoms. The molecule has 1 rings (SSSR count). The Balaban J connectivity index is 2.66. The average Bonchev–Trinajstić information content (AvgIpc) is 2.90. The van der Waals surface area contributed by atoms with E-state index in [0.717, 1.165) is 13.1 Å². The summed E-state index contributed by atoms with van der Waals surface area (Å²) in [5.74, 6) is -1.28. The van der Waals surface area contributed by atoms with Crippen molar-refractivity contribution >= 4 is 11.9 Å². The van der Waals surface area contributed by atoms with E-state index in [2.05, 4.69) is 10.2 Å². The fourth-order valence-corrected chi connectivity index (χ4v) is 1.67. The van der Waals surface area contributed by atoms with Gasteiger partial charge in [0.2, 0.25) is 0 Å². The summed E-state index contributed by atoms with van der Waals surface area (Å²) >= 11 is 0. The van der Waals surface area contributed by atoms with E-state index in [1.807, 2.05) is 13.8 Å². The summed E-state index contributed by atoms with van der Waals surface area (Å²) in [5.41, 5.74) is 0. The molecule has 0 aromatic carbocycles. The molecule has 20 heavy (non-hydrogen) atoms. The van der Waals surface area contributed by atoms with E-state index in [4.69, 9.17) is 14.6 Å². The second kappa shape index (κ2) is 7.66. The summed E-state index contributed by atoms with van der Waals surface area (Å²) in [5, 5.41) is 19.8. The lowest BCUT2D eigenvalue weighted by atomic mass is 10.3. The first-order valence-electron chi connectivity index (χ1n) is 6.47. The van der Waals surface area contributed by atoms with Crippen LogP contribution in [0.1, 0.15) is 30.2 Å². The van der Waals surface area contributed by atoms with Crippen molar-refractivity contribution in [3.8, 4) is 0 Å². The predicted molar refractivity (Wildman–Crippen MR) is 71.3 cm³/mol. The number of carbonyl (C=O) groups is 2. The molecule has 0 aliphatic carbocycles. The minimum absolute atomic E-state index is 0.0341. The van der Waals surface area contributed by atoms with Gasteiger partial charge in [-0.25, -0.2) is 4.79 Å². The summed E-state index contributed by atoms with van der Waals surface area (Å²) in [7, 11) is 0. The summed E-state index contributed by atoms with van der Waals surface area (Å²) < 4.78 is 5.38. The second-order valence-corrected chi connectivity index (χ2v) is 4.27. The lowest BCUT2D eigenvalue weighted by Crippen LogP contribution is -2.43. The molecule has 0 aliphatic heterocycles. The van der Waals surface area contributed by atoms with Crippen LogP contribution in [-0.2, 0) is 11.3 Å². The molecule has 0 saturated heterocycles. The lowest BCUT2D eigenvalue weighted by Gasteiger charge is -2.15. The molecule has 1 heterocycles. The maximum Gasteiger partial charge on any atom is 0.328 e. The molecule has 112 valence electrons. The SMILES string of the molecule is CCN(CC)Cc1ccc(C(=O)N[C@@H](CO)C(=O)O)o1. The average molecular weight is 284 g/mol. The number of nitrogens with one attached hydrogen (secondary N) is 1. The van der Waals surface area contributed by atoms with E-state index < -0.39 is 24.5 Å². The molecule has 0 aliphatic rings. The standard InChI is InChI=1S/C13H20N2O5/c1-3-15(4-2)7-9-5-6-11(20-9)12(17)14-10(8-16)13(18)19/h5-6,10,16H,3-4,7-8H2,1-2H3,(H,14,17)(H,18,19)/t10-/m0/s1. The van der Waals surface area contributed by atoms with Crippen molar-refractivity contribution in [2.24, 2.45) is 0 Å². The third kappa shape index (κ3) is 4.36. The van der Waals surface area contributed by atoms with Crippen molar-refractivity contribution in [2.75, 3.05) is 19.7 Å². The zero-order valence-electron chi connectivity index (χ0n) is 11.6. The highest BCUT2D eigenvalue weighted by Gasteiger charge is 2.21. The van der Waals surface area contributed by atoms with Crippen LogP contribution in [0.2, 0.25) is 0 Å². The summed E-state index contributed by atoms with van der Waals surface area (Å²) in [6.07, 6.45) is 0. The summed E-state index contributed by atoms with van der Waals surface area (Å²) in [6, 6.07) is 1.84. The van der Waals surface area contributed by atoms with Gasteiger partial charge in [0.05, 0.1) is 13.2 Å². The van der Waals surface area contributed by atoms with Crippen LogP contribution in [0.4, 0.5) is 0 Å². The monoisotopic (exact) mass is 284 g/mol. The molecule has 1 aromatic rings. The highest BCUT2D eigenvalue weighted by molar-refractivity contribution is 5.94. The maximum absolute atomic E-state index is 11.8. The molecule has 0 radical (unpaired) electrons. The Hall–Kier alpha value is -1.86. The number of carbonyl (C=O) groups excluding carboxylic acids is 1. The fourth-order valence-electron chi connectivity index (χ4n) is 1.67. The number of hydrogen-bond donors (Lipinski definition) is 3. The van der Waals surface area contributed by atoms with Gasteiger partial charge in [0.25, 0.3) is 5.91 Å². The molecular weight excluding hydrogens is 264 g/mol. The van der Waals surface area contributed by atoms with Crippen molar-refractivity contribution in [1.82, 2.24) is 10.2 Å². The second-order valence-electron chi connectivity index (χ2n) is 4.27. The van der Waals surface area contributed by atoms with Gasteiger partial charge >= 0.3 is 5.97 Å². The quantitative estimate of drug-likeness (QED) is 0.634. The topological polar surface area (TPSA) is 103 Å². The smallest absolute Gasteiger partial charge is 0.328 e. The van der Waals surface area contributed by atoms with Crippen LogP contribution < -0.4 is 5.32 Å². The number of furan rings is 1. The molecular formula is C13H20N2O5. The molecule has 7 nitrogen and oxygen atoms in total. The first-order chi connectivity index (χ1) is 9.51. The number of aliphatic hydroxyl groups excluding tert-OH is 1. The number of carboxylic acids is 1. The predicted octanol–water partition coefficient (Wildman–Crippen LogP) is 0.297. The Labute approximate surface area is 117 Å². The fraction of sp³-hybridized carbons (Fsp3) is 0.538. The number of aliphatic hydroxyl groups is 1. The van der Waals surface area contributed by atoms with Gasteiger partial charge in [0.1, 0.15) is 5.76 Å². The first-order valence-corrected chi connectivity index (χ1v) is 6.47. The number of amides is 1. The normalized spacial score (nSPS) is 12.4. The Kier molecular flexibility index (Phi) is 6.20. The van der Waals surface area contributed by atoms with Gasteiger partial charge < -0.3 is 19.9 Å². The van der Waals surface area contributed by atoms with Gasteiger partial charge in [0.15, 0.2) is 11.8 Å². The zero-order valence-corrected chi connectivity index (χ0v) is 11.6. The summed E-state index contributed by atoms with van der Waals surface area (Å²) in [4.78, 5) is 24.6. The minimum Gasteiger partial charge on any atom is -0.480 e. The maximum atomic E-state index is 11.8. The van der Waals surface area contributed by atoms with Crippen LogP contribution in [0.5, 0.6) is 0 Å². The van der Waals surface area contributed by atoms with Gasteiger partial charge in [0, 0.05) is 0 Å². The Morgan fingerprint density at radius 2 is 2.00 bits per heavy atom. The van der Waals surface area contributed by atoms with E-state index in [0.29, 0.717) is 12.3 Å². The van der Waals surface area contributed by atoms with Crippen molar-refractivity contribution in [1.29, 1.82) is 0 Å². The molecule has 0 spiro atoms. The first kappa shape index (κ1) is 16.2. The van der Waals surface area contributed by atoms with Gasteiger partial charge in [-0.1, -0.05) is 13.8 Å². The van der Waals surface area contributed by atoms with Crippen LogP contribution in [0.25, 0.3) is 0 Å². The molecule has 0 fully saturated rings. The van der Waals surface area contributed by atoms with Crippen molar-refractivity contribution in [3.63, 3.8) is 0 Å². The highest BCUT2D eigenvalue weighted by Crippen LogP contribution is 2.10. The number of aliphatic carboxylic acids is 1. The number of carboxylic acid groups (broad SMARTS) is 1. The van der Waals surface area contributed by atoms with Crippen LogP contribution >= 0.6 is 0 Å². The third-order valence-electron chi connectivity index (χ3n) is 2.95. The van der Waals surface area contributed by atoms with Gasteiger partial charge in [-0.05, 0) is 25.2 Å². The van der Waals surface area contributed by atoms with Gasteiger partial charge in [-0.2, -0.15) is 0 Å². The Morgan fingerprint density at radius 1 is 1.35 bits per heavy atom. The van der Waals surface area contributed by atoms with Gasteiger partial charge in [-0.3, -0.25) is 9.69 Å². The van der Waals surface area contributed by atoms with Gasteiger partial charge in [-0.15, -0.1) is 0 Å². The molecule has 1 aromatic heterocycles. The molecule has 0 bridgehead atoms. The summed E-state index contributed by atoms with van der Waals surface area (Å²) in [6.45, 7) is 5.70. The third-order valence-corrected chi connectivity index (χ3v) is 2.95.